The molecule has 0 heterocycles. The van der Waals surface area contributed by atoms with Crippen molar-refractivity contribution in [1.29, 1.82) is 0 Å². The molecule has 2 saturated carbocycles. The smallest absolute Gasteiger partial charge is 0.335 e. The number of esters is 2. The van der Waals surface area contributed by atoms with E-state index >= 15 is 0 Å². The lowest BCUT2D eigenvalue weighted by Gasteiger charge is -2.38. The molecule has 1 N–H and O–H groups in total. The predicted octanol–water partition coefficient (Wildman–Crippen LogP) is 9.26. The van der Waals surface area contributed by atoms with Crippen LogP contribution in [-0.4, -0.2) is 43.5 Å². The van der Waals surface area contributed by atoms with E-state index in [1.807, 2.05) is 0 Å². The Kier molecular flexibility index (Phi) is 15.3. The molecule has 0 radical (unpaired) electrons. The van der Waals surface area contributed by atoms with Crippen LogP contribution < -0.4 is 4.74 Å². The maximum atomic E-state index is 12.1. The van der Waals surface area contributed by atoms with Crippen LogP contribution in [0.3, 0.4) is 0 Å². The summed E-state index contributed by atoms with van der Waals surface area (Å²) in [6.07, 6.45) is 14.9. The molecule has 6 heteroatoms. The van der Waals surface area contributed by atoms with Crippen molar-refractivity contribution >= 4 is 11.9 Å². The van der Waals surface area contributed by atoms with Crippen LogP contribution in [0.5, 0.6) is 5.75 Å². The average molecular weight is 659 g/mol. The highest BCUT2D eigenvalue weighted by atomic mass is 16.5. The van der Waals surface area contributed by atoms with Crippen molar-refractivity contribution in [2.24, 2.45) is 17.8 Å². The van der Waals surface area contributed by atoms with Gasteiger partial charge in [0.15, 0.2) is 0 Å². The molecule has 48 heavy (non-hydrogen) atoms. The Hall–Kier alpha value is -3.38. The molecule has 262 valence electrons. The van der Waals surface area contributed by atoms with E-state index in [1.165, 1.54) is 68.1 Å². The van der Waals surface area contributed by atoms with Gasteiger partial charge in [-0.3, -0.25) is 0 Å². The molecule has 2 aliphatic carbocycles. The summed E-state index contributed by atoms with van der Waals surface area (Å²) < 4.78 is 16.6. The van der Waals surface area contributed by atoms with Gasteiger partial charge in [0.05, 0.1) is 32.0 Å². The second-order valence-corrected chi connectivity index (χ2v) is 14.2. The maximum Gasteiger partial charge on any atom is 0.335 e. The van der Waals surface area contributed by atoms with Crippen molar-refractivity contribution in [3.05, 3.63) is 89.5 Å². The number of unbranched alkanes of at least 4 members (excludes halogenated alkanes) is 1. The Morgan fingerprint density at radius 1 is 0.771 bits per heavy atom. The first-order chi connectivity index (χ1) is 23.3. The topological polar surface area (TPSA) is 82.1 Å². The summed E-state index contributed by atoms with van der Waals surface area (Å²) in [5, 5.41) is 9.06. The number of aliphatic hydroxyl groups excluding tert-OH is 1. The van der Waals surface area contributed by atoms with Crippen LogP contribution in [0.2, 0.25) is 0 Å². The van der Waals surface area contributed by atoms with E-state index in [0.29, 0.717) is 23.8 Å². The molecule has 2 aromatic rings. The number of benzene rings is 2. The highest BCUT2D eigenvalue weighted by Gasteiger charge is 2.31. The van der Waals surface area contributed by atoms with Crippen LogP contribution >= 0.6 is 0 Å². The van der Waals surface area contributed by atoms with Crippen LogP contribution in [0.1, 0.15) is 119 Å². The molecule has 0 amide bonds. The van der Waals surface area contributed by atoms with Crippen molar-refractivity contribution in [2.45, 2.75) is 109 Å². The molecule has 4 rings (SSSR count). The number of carbonyl (C=O) groups excluding carboxylic acids is 2. The van der Waals surface area contributed by atoms with Gasteiger partial charge in [-0.25, -0.2) is 9.59 Å². The van der Waals surface area contributed by atoms with Gasteiger partial charge >= 0.3 is 11.9 Å². The van der Waals surface area contributed by atoms with Gasteiger partial charge < -0.3 is 19.3 Å². The minimum absolute atomic E-state index is 0.0456. The van der Waals surface area contributed by atoms with Gasteiger partial charge in [-0.1, -0.05) is 62.9 Å². The minimum Gasteiger partial charge on any atom is -0.494 e. The number of carbonyl (C=O) groups is 2. The highest BCUT2D eigenvalue weighted by Crippen LogP contribution is 2.46. The lowest BCUT2D eigenvalue weighted by molar-refractivity contribution is -0.140. The first-order valence-electron chi connectivity index (χ1n) is 18.4. The van der Waals surface area contributed by atoms with Gasteiger partial charge in [-0.2, -0.15) is 0 Å². The Balaban J connectivity index is 1.21. The van der Waals surface area contributed by atoms with Crippen LogP contribution in [0.15, 0.2) is 72.8 Å². The molecule has 2 aromatic carbocycles. The molecular weight excluding hydrogens is 600 g/mol. The van der Waals surface area contributed by atoms with E-state index in [0.717, 1.165) is 49.9 Å². The molecule has 1 unspecified atom stereocenters. The van der Waals surface area contributed by atoms with E-state index in [9.17, 15) is 9.59 Å². The zero-order chi connectivity index (χ0) is 34.3. The number of ether oxygens (including phenoxy) is 3. The van der Waals surface area contributed by atoms with E-state index in [4.69, 9.17) is 19.3 Å². The number of hydrogen-bond acceptors (Lipinski definition) is 6. The van der Waals surface area contributed by atoms with Crippen LogP contribution in [0.4, 0.5) is 0 Å². The monoisotopic (exact) mass is 658 g/mol. The number of aliphatic hydroxyl groups is 1. The van der Waals surface area contributed by atoms with Gasteiger partial charge in [0.25, 0.3) is 0 Å². The standard InChI is InChI=1S/C42H58O6/c1-5-6-25-46-40-23-21-39(22-24-40)38-19-17-37(18-20-38)36-15-13-35(14-16-36)34-11-9-32(10-12-34)27-33(29-48-41(44)30(2)3)8-7-26-47-42(45)31(4)28-43/h9-12,21-24,33,35-38,43H,2,4-8,13-20,25-29H2,1,3H3. The molecule has 2 aliphatic rings. The first kappa shape index (κ1) is 37.4. The van der Waals surface area contributed by atoms with Crippen molar-refractivity contribution in [3.63, 3.8) is 0 Å². The highest BCUT2D eigenvalue weighted by molar-refractivity contribution is 5.88. The predicted molar refractivity (Wildman–Crippen MR) is 192 cm³/mol. The van der Waals surface area contributed by atoms with E-state index in [2.05, 4.69) is 68.6 Å². The summed E-state index contributed by atoms with van der Waals surface area (Å²) in [6, 6.07) is 17.9. The summed E-state index contributed by atoms with van der Waals surface area (Å²) in [5.74, 6) is 3.17. The fourth-order valence-corrected chi connectivity index (χ4v) is 7.54. The van der Waals surface area contributed by atoms with Crippen molar-refractivity contribution < 1.29 is 28.9 Å². The lowest BCUT2D eigenvalue weighted by atomic mass is 9.67. The average Bonchev–Trinajstić information content (AvgIpc) is 3.12. The van der Waals surface area contributed by atoms with Gasteiger partial charge in [-0.05, 0) is 142 Å². The molecule has 0 aromatic heterocycles. The summed E-state index contributed by atoms with van der Waals surface area (Å²) >= 11 is 0. The molecule has 0 bridgehead atoms. The van der Waals surface area contributed by atoms with Crippen molar-refractivity contribution in [2.75, 3.05) is 26.4 Å². The molecule has 6 nitrogen and oxygen atoms in total. The van der Waals surface area contributed by atoms with Gasteiger partial charge in [0, 0.05) is 5.57 Å². The molecule has 0 aliphatic heterocycles. The van der Waals surface area contributed by atoms with E-state index in [-0.39, 0.29) is 30.7 Å². The Morgan fingerprint density at radius 2 is 1.33 bits per heavy atom. The quantitative estimate of drug-likeness (QED) is 0.0977. The number of hydrogen-bond donors (Lipinski definition) is 1. The first-order valence-corrected chi connectivity index (χ1v) is 18.4. The minimum atomic E-state index is -0.578. The lowest BCUT2D eigenvalue weighted by Crippen LogP contribution is -2.25. The summed E-state index contributed by atoms with van der Waals surface area (Å²) in [6.45, 7) is 11.9. The van der Waals surface area contributed by atoms with Crippen LogP contribution in [-0.2, 0) is 25.5 Å². The van der Waals surface area contributed by atoms with Crippen LogP contribution in [0.25, 0.3) is 0 Å². The Labute approximate surface area is 289 Å². The Morgan fingerprint density at radius 3 is 1.85 bits per heavy atom. The zero-order valence-corrected chi connectivity index (χ0v) is 29.4. The third-order valence-corrected chi connectivity index (χ3v) is 10.6. The second kappa shape index (κ2) is 19.6. The van der Waals surface area contributed by atoms with E-state index < -0.39 is 12.6 Å². The van der Waals surface area contributed by atoms with Gasteiger partial charge in [0.1, 0.15) is 5.75 Å². The largest absolute Gasteiger partial charge is 0.494 e. The van der Waals surface area contributed by atoms with Gasteiger partial charge in [-0.15, -0.1) is 0 Å². The Bertz CT molecular complexity index is 1300. The fraction of sp³-hybridized carbons (Fsp3) is 0.571. The zero-order valence-electron chi connectivity index (χ0n) is 29.4. The SMILES string of the molecule is C=C(C)C(=O)OCC(CCCOC(=O)C(=C)CO)Cc1ccc(C2CCC(C3CCC(c4ccc(OCCCC)cc4)CC3)CC2)cc1. The summed E-state index contributed by atoms with van der Waals surface area (Å²) in [5.41, 5.74) is 4.55. The molecule has 0 saturated heterocycles. The molecule has 2 fully saturated rings. The van der Waals surface area contributed by atoms with E-state index in [1.54, 1.807) is 6.92 Å². The summed E-state index contributed by atoms with van der Waals surface area (Å²) in [7, 11) is 0. The van der Waals surface area contributed by atoms with Crippen molar-refractivity contribution in [3.8, 4) is 5.75 Å². The van der Waals surface area contributed by atoms with Crippen LogP contribution in [0, 0.1) is 17.8 Å². The third kappa shape index (κ3) is 11.6. The fourth-order valence-electron chi connectivity index (χ4n) is 7.54. The molecule has 1 atom stereocenters. The normalized spacial score (nSPS) is 21.6. The van der Waals surface area contributed by atoms with Crippen molar-refractivity contribution in [1.82, 2.24) is 0 Å². The number of rotatable bonds is 18. The molecular formula is C42H58O6. The third-order valence-electron chi connectivity index (χ3n) is 10.6. The summed E-state index contributed by atoms with van der Waals surface area (Å²) in [4.78, 5) is 23.9. The molecule has 0 spiro atoms. The second-order valence-electron chi connectivity index (χ2n) is 14.2. The maximum absolute atomic E-state index is 12.1. The van der Waals surface area contributed by atoms with Gasteiger partial charge in [0.2, 0.25) is 0 Å².